The van der Waals surface area contributed by atoms with Gasteiger partial charge in [-0.15, -0.1) is 11.6 Å². The van der Waals surface area contributed by atoms with E-state index in [1.165, 1.54) is 0 Å². The van der Waals surface area contributed by atoms with Gasteiger partial charge in [0.25, 0.3) is 0 Å². The summed E-state index contributed by atoms with van der Waals surface area (Å²) < 4.78 is 3.95. The molecule has 0 unspecified atom stereocenters. The molecule has 2 aromatic heterocycles. The zero-order valence-corrected chi connectivity index (χ0v) is 12.4. The lowest BCUT2D eigenvalue weighted by atomic mass is 10.2. The Morgan fingerprint density at radius 3 is 2.86 bits per heavy atom. The van der Waals surface area contributed by atoms with Crippen molar-refractivity contribution in [2.75, 3.05) is 0 Å². The molecule has 3 rings (SSSR count). The topological polar surface area (TPSA) is 59.4 Å². The van der Waals surface area contributed by atoms with Crippen molar-refractivity contribution in [3.05, 3.63) is 47.5 Å². The van der Waals surface area contributed by atoms with Crippen molar-refractivity contribution in [3.8, 4) is 6.07 Å². The van der Waals surface area contributed by atoms with Crippen molar-refractivity contribution in [1.82, 2.24) is 19.3 Å². The molecule has 5 nitrogen and oxygen atoms in total. The highest BCUT2D eigenvalue weighted by molar-refractivity contribution is 6.16. The number of rotatable bonds is 4. The Morgan fingerprint density at radius 2 is 2.19 bits per heavy atom. The average Bonchev–Trinajstić information content (AvgIpc) is 3.07. The second kappa shape index (κ2) is 5.58. The van der Waals surface area contributed by atoms with E-state index in [1.54, 1.807) is 6.07 Å². The fourth-order valence-corrected chi connectivity index (χ4v) is 2.59. The molecule has 6 heteroatoms. The lowest BCUT2D eigenvalue weighted by Gasteiger charge is -2.08. The fraction of sp³-hybridized carbons (Fsp3) is 0.267. The van der Waals surface area contributed by atoms with E-state index < -0.39 is 0 Å². The van der Waals surface area contributed by atoms with Gasteiger partial charge in [-0.2, -0.15) is 10.4 Å². The Balaban J connectivity index is 1.97. The minimum Gasteiger partial charge on any atom is -0.325 e. The molecular weight excluding hydrogens is 286 g/mol. The summed E-state index contributed by atoms with van der Waals surface area (Å²) in [6, 6.07) is 7.64. The number of halogens is 1. The SMILES string of the molecule is Cc1cnn(CCn2c(CCl)nc3ccc(C#N)cc32)c1. The van der Waals surface area contributed by atoms with Gasteiger partial charge in [-0.25, -0.2) is 4.98 Å². The van der Waals surface area contributed by atoms with E-state index in [1.807, 2.05) is 36.1 Å². The molecule has 0 aliphatic rings. The monoisotopic (exact) mass is 299 g/mol. The average molecular weight is 300 g/mol. The second-order valence-electron chi connectivity index (χ2n) is 4.91. The molecule has 0 amide bonds. The van der Waals surface area contributed by atoms with Gasteiger partial charge in [0.15, 0.2) is 0 Å². The van der Waals surface area contributed by atoms with E-state index in [4.69, 9.17) is 16.9 Å². The van der Waals surface area contributed by atoms with Crippen LogP contribution in [0.5, 0.6) is 0 Å². The van der Waals surface area contributed by atoms with Crippen LogP contribution in [0.15, 0.2) is 30.6 Å². The van der Waals surface area contributed by atoms with Gasteiger partial charge >= 0.3 is 0 Å². The van der Waals surface area contributed by atoms with E-state index in [0.717, 1.165) is 29.0 Å². The van der Waals surface area contributed by atoms with Crippen LogP contribution in [0.3, 0.4) is 0 Å². The predicted octanol–water partition coefficient (Wildman–Crippen LogP) is 2.85. The largest absolute Gasteiger partial charge is 0.325 e. The maximum atomic E-state index is 9.04. The van der Waals surface area contributed by atoms with Crippen LogP contribution in [0.4, 0.5) is 0 Å². The minimum absolute atomic E-state index is 0.342. The first-order valence-corrected chi connectivity index (χ1v) is 7.19. The van der Waals surface area contributed by atoms with Crippen molar-refractivity contribution in [2.45, 2.75) is 25.9 Å². The molecule has 2 heterocycles. The van der Waals surface area contributed by atoms with Crippen molar-refractivity contribution in [2.24, 2.45) is 0 Å². The molecule has 0 aliphatic carbocycles. The molecule has 0 bridgehead atoms. The predicted molar refractivity (Wildman–Crippen MR) is 81.0 cm³/mol. The molecule has 0 spiro atoms. The molecule has 0 radical (unpaired) electrons. The van der Waals surface area contributed by atoms with E-state index >= 15 is 0 Å². The molecule has 0 N–H and O–H groups in total. The van der Waals surface area contributed by atoms with Crippen molar-refractivity contribution >= 4 is 22.6 Å². The summed E-state index contributed by atoms with van der Waals surface area (Å²) in [7, 11) is 0. The van der Waals surface area contributed by atoms with Crippen LogP contribution in [0, 0.1) is 18.3 Å². The summed E-state index contributed by atoms with van der Waals surface area (Å²) in [4.78, 5) is 4.52. The Kier molecular flexibility index (Phi) is 3.63. The highest BCUT2D eigenvalue weighted by atomic mass is 35.5. The van der Waals surface area contributed by atoms with Gasteiger partial charge in [0.05, 0.1) is 41.3 Å². The number of imidazole rings is 1. The molecule has 0 saturated heterocycles. The normalized spacial score (nSPS) is 10.9. The van der Waals surface area contributed by atoms with Crippen LogP contribution in [0.1, 0.15) is 17.0 Å². The number of nitrogens with zero attached hydrogens (tertiary/aromatic N) is 5. The molecule has 0 aliphatic heterocycles. The number of alkyl halides is 1. The number of fused-ring (bicyclic) bond motifs is 1. The Morgan fingerprint density at radius 1 is 1.33 bits per heavy atom. The third-order valence-corrected chi connectivity index (χ3v) is 3.63. The third kappa shape index (κ3) is 2.63. The Hall–Kier alpha value is -2.32. The molecule has 0 atom stereocenters. The summed E-state index contributed by atoms with van der Waals surface area (Å²) >= 11 is 5.99. The van der Waals surface area contributed by atoms with Crippen LogP contribution < -0.4 is 0 Å². The molecule has 21 heavy (non-hydrogen) atoms. The van der Waals surface area contributed by atoms with Crippen molar-refractivity contribution in [1.29, 1.82) is 5.26 Å². The molecule has 1 aromatic carbocycles. The summed E-state index contributed by atoms with van der Waals surface area (Å²) in [5.74, 6) is 1.15. The van der Waals surface area contributed by atoms with Gasteiger partial charge < -0.3 is 4.57 Å². The number of nitriles is 1. The first-order valence-electron chi connectivity index (χ1n) is 6.65. The number of benzene rings is 1. The highest BCUT2D eigenvalue weighted by Crippen LogP contribution is 2.19. The summed E-state index contributed by atoms with van der Waals surface area (Å²) in [5.41, 5.74) is 3.56. The number of aromatic nitrogens is 4. The fourth-order valence-electron chi connectivity index (χ4n) is 2.39. The van der Waals surface area contributed by atoms with Crippen LogP contribution in [0.25, 0.3) is 11.0 Å². The van der Waals surface area contributed by atoms with E-state index in [-0.39, 0.29) is 0 Å². The third-order valence-electron chi connectivity index (χ3n) is 3.39. The van der Waals surface area contributed by atoms with Crippen LogP contribution in [-0.4, -0.2) is 19.3 Å². The van der Waals surface area contributed by atoms with E-state index in [2.05, 4.69) is 20.7 Å². The first-order chi connectivity index (χ1) is 10.2. The molecule has 0 saturated carbocycles. The van der Waals surface area contributed by atoms with Crippen LogP contribution >= 0.6 is 11.6 Å². The lowest BCUT2D eigenvalue weighted by molar-refractivity contribution is 0.532. The number of hydrogen-bond donors (Lipinski definition) is 0. The first kappa shape index (κ1) is 13.7. The van der Waals surface area contributed by atoms with Gasteiger partial charge in [0.1, 0.15) is 5.82 Å². The van der Waals surface area contributed by atoms with Crippen LogP contribution in [-0.2, 0) is 19.0 Å². The molecule has 106 valence electrons. The number of aryl methyl sites for hydroxylation is 3. The molecule has 3 aromatic rings. The zero-order valence-electron chi connectivity index (χ0n) is 11.6. The van der Waals surface area contributed by atoms with Gasteiger partial charge in [-0.3, -0.25) is 4.68 Å². The standard InChI is InChI=1S/C15H14ClN5/c1-11-9-18-20(10-11)4-5-21-14-6-12(8-17)2-3-13(14)19-15(21)7-16/h2-3,6,9-10H,4-5,7H2,1H3. The number of hydrogen-bond acceptors (Lipinski definition) is 3. The molecular formula is C15H14ClN5. The quantitative estimate of drug-likeness (QED) is 0.696. The van der Waals surface area contributed by atoms with E-state index in [9.17, 15) is 0 Å². The lowest BCUT2D eigenvalue weighted by Crippen LogP contribution is -2.10. The van der Waals surface area contributed by atoms with Gasteiger partial charge in [-0.1, -0.05) is 0 Å². The minimum atomic E-state index is 0.342. The zero-order chi connectivity index (χ0) is 14.8. The van der Waals surface area contributed by atoms with Crippen molar-refractivity contribution in [3.63, 3.8) is 0 Å². The second-order valence-corrected chi connectivity index (χ2v) is 5.18. The van der Waals surface area contributed by atoms with Gasteiger partial charge in [0.2, 0.25) is 0 Å². The van der Waals surface area contributed by atoms with Gasteiger partial charge in [0, 0.05) is 12.7 Å². The Labute approximate surface area is 127 Å². The Bertz CT molecular complexity index is 824. The van der Waals surface area contributed by atoms with Crippen LogP contribution in [0.2, 0.25) is 0 Å². The van der Waals surface area contributed by atoms with Crippen molar-refractivity contribution < 1.29 is 0 Å². The maximum Gasteiger partial charge on any atom is 0.124 e. The summed E-state index contributed by atoms with van der Waals surface area (Å²) in [6.07, 6.45) is 3.84. The smallest absolute Gasteiger partial charge is 0.124 e. The van der Waals surface area contributed by atoms with E-state index in [0.29, 0.717) is 18.0 Å². The summed E-state index contributed by atoms with van der Waals surface area (Å²) in [5, 5.41) is 13.3. The maximum absolute atomic E-state index is 9.04. The molecule has 0 fully saturated rings. The highest BCUT2D eigenvalue weighted by Gasteiger charge is 2.10. The summed E-state index contributed by atoms with van der Waals surface area (Å²) in [6.45, 7) is 3.47. The van der Waals surface area contributed by atoms with Gasteiger partial charge in [-0.05, 0) is 30.7 Å².